The molecule has 0 aliphatic heterocycles. The van der Waals surface area contributed by atoms with Gasteiger partial charge in [-0.3, -0.25) is 9.59 Å². The minimum atomic E-state index is -0.307. The van der Waals surface area contributed by atoms with Crippen LogP contribution in [0.1, 0.15) is 18.9 Å². The minimum absolute atomic E-state index is 0.0113. The summed E-state index contributed by atoms with van der Waals surface area (Å²) >= 11 is 11.9. The SMILES string of the molecule is C/C(CC(=O)Nc1cc(Cl)ccc1Cl)=N\NC(=O)Cc1cccc2ccccc12. The summed E-state index contributed by atoms with van der Waals surface area (Å²) in [4.78, 5) is 24.4. The molecule has 0 saturated heterocycles. The number of amides is 2. The van der Waals surface area contributed by atoms with Gasteiger partial charge in [-0.1, -0.05) is 65.7 Å². The molecule has 0 spiro atoms. The van der Waals surface area contributed by atoms with Crippen LogP contribution in [0.4, 0.5) is 5.69 Å². The predicted molar refractivity (Wildman–Crippen MR) is 119 cm³/mol. The lowest BCUT2D eigenvalue weighted by molar-refractivity contribution is -0.120. The van der Waals surface area contributed by atoms with E-state index in [1.54, 1.807) is 25.1 Å². The van der Waals surface area contributed by atoms with Crippen LogP contribution in [0.5, 0.6) is 0 Å². The maximum absolute atomic E-state index is 12.3. The lowest BCUT2D eigenvalue weighted by atomic mass is 10.0. The van der Waals surface area contributed by atoms with Gasteiger partial charge in [-0.05, 0) is 41.5 Å². The van der Waals surface area contributed by atoms with Crippen molar-refractivity contribution in [2.75, 3.05) is 5.32 Å². The Kier molecular flexibility index (Phi) is 6.86. The number of hydrogen-bond donors (Lipinski definition) is 2. The average molecular weight is 428 g/mol. The van der Waals surface area contributed by atoms with E-state index >= 15 is 0 Å². The summed E-state index contributed by atoms with van der Waals surface area (Å²) in [5.74, 6) is -0.558. The topological polar surface area (TPSA) is 70.6 Å². The molecule has 148 valence electrons. The molecule has 5 nitrogen and oxygen atoms in total. The molecule has 0 saturated carbocycles. The van der Waals surface area contributed by atoms with E-state index in [-0.39, 0.29) is 24.7 Å². The summed E-state index contributed by atoms with van der Waals surface area (Å²) < 4.78 is 0. The first-order valence-corrected chi connectivity index (χ1v) is 9.71. The van der Waals surface area contributed by atoms with Gasteiger partial charge in [0.1, 0.15) is 0 Å². The van der Waals surface area contributed by atoms with Crippen LogP contribution < -0.4 is 10.7 Å². The Morgan fingerprint density at radius 3 is 2.55 bits per heavy atom. The van der Waals surface area contributed by atoms with Crippen LogP contribution in [-0.4, -0.2) is 17.5 Å². The summed E-state index contributed by atoms with van der Waals surface area (Å²) in [6.45, 7) is 1.66. The highest BCUT2D eigenvalue weighted by atomic mass is 35.5. The maximum atomic E-state index is 12.3. The number of anilines is 1. The molecule has 2 N–H and O–H groups in total. The fourth-order valence-electron chi connectivity index (χ4n) is 2.88. The van der Waals surface area contributed by atoms with Crippen LogP contribution in [0.25, 0.3) is 10.8 Å². The third-order valence-electron chi connectivity index (χ3n) is 4.22. The molecule has 29 heavy (non-hydrogen) atoms. The number of nitrogens with zero attached hydrogens (tertiary/aromatic N) is 1. The normalized spacial score (nSPS) is 11.3. The summed E-state index contributed by atoms with van der Waals surface area (Å²) in [5, 5.41) is 9.67. The van der Waals surface area contributed by atoms with Gasteiger partial charge in [0.05, 0.1) is 23.6 Å². The molecule has 3 rings (SSSR count). The lowest BCUT2D eigenvalue weighted by Crippen LogP contribution is -2.23. The highest BCUT2D eigenvalue weighted by Crippen LogP contribution is 2.25. The molecule has 0 bridgehead atoms. The molecule has 0 aliphatic rings. The number of benzene rings is 3. The zero-order valence-electron chi connectivity index (χ0n) is 15.7. The largest absolute Gasteiger partial charge is 0.324 e. The second-order valence-corrected chi connectivity index (χ2v) is 7.39. The van der Waals surface area contributed by atoms with E-state index in [9.17, 15) is 9.59 Å². The van der Waals surface area contributed by atoms with Crippen LogP contribution in [0.3, 0.4) is 0 Å². The monoisotopic (exact) mass is 427 g/mol. The van der Waals surface area contributed by atoms with Crippen molar-refractivity contribution in [2.45, 2.75) is 19.8 Å². The molecule has 0 aromatic heterocycles. The molecular formula is C22H19Cl2N3O2. The first-order chi connectivity index (χ1) is 13.9. The number of carbonyl (C=O) groups is 2. The van der Waals surface area contributed by atoms with E-state index in [1.165, 1.54) is 0 Å². The van der Waals surface area contributed by atoms with Crippen LogP contribution in [0, 0.1) is 0 Å². The number of nitrogens with one attached hydrogen (secondary N) is 2. The van der Waals surface area contributed by atoms with Crippen molar-refractivity contribution in [3.63, 3.8) is 0 Å². The molecule has 0 radical (unpaired) electrons. The Hall–Kier alpha value is -2.89. The van der Waals surface area contributed by atoms with E-state index in [0.29, 0.717) is 21.4 Å². The van der Waals surface area contributed by atoms with Crippen LogP contribution in [0.2, 0.25) is 10.0 Å². The number of fused-ring (bicyclic) bond motifs is 1. The molecule has 3 aromatic rings. The summed E-state index contributed by atoms with van der Waals surface area (Å²) in [5.41, 5.74) is 4.32. The first-order valence-electron chi connectivity index (χ1n) is 8.96. The van der Waals surface area contributed by atoms with E-state index in [2.05, 4.69) is 15.8 Å². The number of rotatable bonds is 6. The smallest absolute Gasteiger partial charge is 0.244 e. The maximum Gasteiger partial charge on any atom is 0.244 e. The average Bonchev–Trinajstić information content (AvgIpc) is 2.69. The van der Waals surface area contributed by atoms with Crippen molar-refractivity contribution in [3.05, 3.63) is 76.3 Å². The minimum Gasteiger partial charge on any atom is -0.324 e. The molecule has 0 aliphatic carbocycles. The molecule has 0 fully saturated rings. The van der Waals surface area contributed by atoms with Gasteiger partial charge >= 0.3 is 0 Å². The third-order valence-corrected chi connectivity index (χ3v) is 4.79. The highest BCUT2D eigenvalue weighted by Gasteiger charge is 2.10. The Balaban J connectivity index is 1.57. The second-order valence-electron chi connectivity index (χ2n) is 6.55. The molecule has 0 atom stereocenters. The van der Waals surface area contributed by atoms with Gasteiger partial charge in [-0.25, -0.2) is 5.43 Å². The Labute approximate surface area is 178 Å². The standard InChI is InChI=1S/C22H19Cl2N3O2/c1-14(11-21(28)25-20-13-17(23)9-10-19(20)24)26-27-22(29)12-16-7-4-6-15-5-2-3-8-18(15)16/h2-10,13H,11-12H2,1H3,(H,25,28)(H,27,29)/b26-14+. The number of hydrogen-bond acceptors (Lipinski definition) is 3. The molecular weight excluding hydrogens is 409 g/mol. The molecule has 2 amide bonds. The number of halogens is 2. The van der Waals surface area contributed by atoms with E-state index < -0.39 is 0 Å². The van der Waals surface area contributed by atoms with Gasteiger partial charge in [0, 0.05) is 10.7 Å². The second kappa shape index (κ2) is 9.54. The van der Waals surface area contributed by atoms with Gasteiger partial charge in [-0.15, -0.1) is 0 Å². The van der Waals surface area contributed by atoms with Crippen LogP contribution >= 0.6 is 23.2 Å². The quantitative estimate of drug-likeness (QED) is 0.418. The van der Waals surface area contributed by atoms with Crippen LogP contribution in [-0.2, 0) is 16.0 Å². The van der Waals surface area contributed by atoms with Gasteiger partial charge in [-0.2, -0.15) is 5.10 Å². The van der Waals surface area contributed by atoms with Crippen molar-refractivity contribution in [2.24, 2.45) is 5.10 Å². The van der Waals surface area contributed by atoms with Gasteiger partial charge < -0.3 is 5.32 Å². The van der Waals surface area contributed by atoms with Crippen molar-refractivity contribution >= 4 is 57.2 Å². The first kappa shape index (κ1) is 20.8. The molecule has 3 aromatic carbocycles. The lowest BCUT2D eigenvalue weighted by Gasteiger charge is -2.08. The Bertz CT molecular complexity index is 1090. The number of carbonyl (C=O) groups excluding carboxylic acids is 2. The van der Waals surface area contributed by atoms with E-state index in [0.717, 1.165) is 16.3 Å². The van der Waals surface area contributed by atoms with Gasteiger partial charge in [0.25, 0.3) is 0 Å². The highest BCUT2D eigenvalue weighted by molar-refractivity contribution is 6.35. The molecule has 0 heterocycles. The fourth-order valence-corrected chi connectivity index (χ4v) is 3.21. The Morgan fingerprint density at radius 1 is 0.966 bits per heavy atom. The van der Waals surface area contributed by atoms with Crippen molar-refractivity contribution in [1.82, 2.24) is 5.43 Å². The van der Waals surface area contributed by atoms with Gasteiger partial charge in [0.2, 0.25) is 11.8 Å². The number of hydrazone groups is 1. The zero-order chi connectivity index (χ0) is 20.8. The zero-order valence-corrected chi connectivity index (χ0v) is 17.2. The van der Waals surface area contributed by atoms with Crippen molar-refractivity contribution < 1.29 is 9.59 Å². The predicted octanol–water partition coefficient (Wildman–Crippen LogP) is 5.21. The summed E-state index contributed by atoms with van der Waals surface area (Å²) in [7, 11) is 0. The van der Waals surface area contributed by atoms with Crippen molar-refractivity contribution in [3.8, 4) is 0 Å². The van der Waals surface area contributed by atoms with Crippen molar-refractivity contribution in [1.29, 1.82) is 0 Å². The summed E-state index contributed by atoms with van der Waals surface area (Å²) in [6, 6.07) is 18.5. The van der Waals surface area contributed by atoms with E-state index in [4.69, 9.17) is 23.2 Å². The van der Waals surface area contributed by atoms with Crippen LogP contribution in [0.15, 0.2) is 65.8 Å². The fraction of sp³-hybridized carbons (Fsp3) is 0.136. The van der Waals surface area contributed by atoms with Gasteiger partial charge in [0.15, 0.2) is 0 Å². The third kappa shape index (κ3) is 5.79. The summed E-state index contributed by atoms with van der Waals surface area (Å²) in [6.07, 6.45) is 0.208. The molecule has 7 heteroatoms. The molecule has 0 unspecified atom stereocenters. The Morgan fingerprint density at radius 2 is 1.72 bits per heavy atom. The van der Waals surface area contributed by atoms with E-state index in [1.807, 2.05) is 42.5 Å².